The first-order chi connectivity index (χ1) is 12.8. The number of esters is 1. The van der Waals surface area contributed by atoms with Crippen molar-refractivity contribution in [2.75, 3.05) is 13.2 Å². The fourth-order valence-corrected chi connectivity index (χ4v) is 3.11. The zero-order valence-electron chi connectivity index (χ0n) is 17.5. The molecule has 0 saturated carbocycles. The van der Waals surface area contributed by atoms with Crippen molar-refractivity contribution in [3.8, 4) is 5.75 Å². The van der Waals surface area contributed by atoms with Gasteiger partial charge in [0, 0.05) is 17.5 Å². The highest BCUT2D eigenvalue weighted by Crippen LogP contribution is 2.29. The average Bonchev–Trinajstić information content (AvgIpc) is 2.94. The first kappa shape index (κ1) is 22.3. The normalized spacial score (nSPS) is 20.0. The van der Waals surface area contributed by atoms with Crippen molar-refractivity contribution in [2.45, 2.75) is 65.2 Å². The molecule has 6 nitrogen and oxygen atoms in total. The van der Waals surface area contributed by atoms with E-state index in [4.69, 9.17) is 25.8 Å². The number of hydrogen-bond acceptors (Lipinski definition) is 5. The first-order valence-corrected chi connectivity index (χ1v) is 9.83. The summed E-state index contributed by atoms with van der Waals surface area (Å²) >= 11 is 5.98. The van der Waals surface area contributed by atoms with Gasteiger partial charge in [-0.3, -0.25) is 4.90 Å². The van der Waals surface area contributed by atoms with Crippen molar-refractivity contribution in [2.24, 2.45) is 5.92 Å². The van der Waals surface area contributed by atoms with Crippen LogP contribution in [0.2, 0.25) is 5.02 Å². The zero-order valence-corrected chi connectivity index (χ0v) is 18.2. The molecule has 28 heavy (non-hydrogen) atoms. The molecule has 1 aliphatic rings. The molecule has 0 N–H and O–H groups in total. The predicted molar refractivity (Wildman–Crippen MR) is 108 cm³/mol. The van der Waals surface area contributed by atoms with Gasteiger partial charge in [-0.1, -0.05) is 17.7 Å². The van der Waals surface area contributed by atoms with E-state index in [0.717, 1.165) is 0 Å². The molecule has 1 aliphatic heterocycles. The lowest BCUT2D eigenvalue weighted by molar-refractivity contribution is -0.160. The van der Waals surface area contributed by atoms with Crippen LogP contribution in [0.4, 0.5) is 4.79 Å². The topological polar surface area (TPSA) is 65.1 Å². The van der Waals surface area contributed by atoms with Crippen LogP contribution in [0.3, 0.4) is 0 Å². The minimum absolute atomic E-state index is 0.0241. The van der Waals surface area contributed by atoms with Crippen LogP contribution in [0.1, 0.15) is 48.0 Å². The molecule has 0 radical (unpaired) electrons. The maximum atomic E-state index is 12.7. The van der Waals surface area contributed by atoms with E-state index in [-0.39, 0.29) is 5.92 Å². The Labute approximate surface area is 172 Å². The van der Waals surface area contributed by atoms with Crippen LogP contribution in [0.15, 0.2) is 24.3 Å². The maximum absolute atomic E-state index is 12.7. The van der Waals surface area contributed by atoms with Gasteiger partial charge >= 0.3 is 12.1 Å². The molecule has 1 aromatic rings. The number of likely N-dealkylation sites (tertiary alicyclic amines) is 1. The van der Waals surface area contributed by atoms with Gasteiger partial charge < -0.3 is 14.2 Å². The molecule has 1 saturated heterocycles. The molecule has 7 heteroatoms. The number of carbonyl (C=O) groups excluding carboxylic acids is 2. The van der Waals surface area contributed by atoms with E-state index in [0.29, 0.717) is 30.3 Å². The van der Waals surface area contributed by atoms with Crippen molar-refractivity contribution in [3.05, 3.63) is 29.3 Å². The maximum Gasteiger partial charge on any atom is 0.411 e. The Morgan fingerprint density at radius 3 is 2.32 bits per heavy atom. The van der Waals surface area contributed by atoms with Crippen LogP contribution >= 0.6 is 11.6 Å². The lowest BCUT2D eigenvalue weighted by atomic mass is 10.1. The standard InChI is InChI=1S/C21H30ClNO5/c1-20(2,3)27-18(24)17-10-14(12-23(17)19(25)28-21(4,5)6)13-26-16-9-7-8-15(22)11-16/h7-9,11,14,17H,10,12-13H2,1-6H3/t14-,17-/m0/s1. The summed E-state index contributed by atoms with van der Waals surface area (Å²) in [7, 11) is 0. The highest BCUT2D eigenvalue weighted by Gasteiger charge is 2.43. The SMILES string of the molecule is CC(C)(C)OC(=O)[C@@H]1C[C@H](COc2cccc(Cl)c2)CN1C(=O)OC(C)(C)C. The molecule has 156 valence electrons. The predicted octanol–water partition coefficient (Wildman–Crippen LogP) is 4.69. The van der Waals surface area contributed by atoms with Gasteiger partial charge in [0.2, 0.25) is 0 Å². The van der Waals surface area contributed by atoms with Crippen LogP contribution in [-0.2, 0) is 14.3 Å². The van der Waals surface area contributed by atoms with Gasteiger partial charge in [-0.2, -0.15) is 0 Å². The second-order valence-corrected chi connectivity index (χ2v) is 9.49. The van der Waals surface area contributed by atoms with Gasteiger partial charge in [-0.05, 0) is 66.2 Å². The van der Waals surface area contributed by atoms with Crippen molar-refractivity contribution < 1.29 is 23.8 Å². The highest BCUT2D eigenvalue weighted by atomic mass is 35.5. The van der Waals surface area contributed by atoms with Gasteiger partial charge in [0.15, 0.2) is 0 Å². The smallest absolute Gasteiger partial charge is 0.411 e. The van der Waals surface area contributed by atoms with Gasteiger partial charge in [0.25, 0.3) is 0 Å². The molecule has 0 spiro atoms. The van der Waals surface area contributed by atoms with E-state index in [1.165, 1.54) is 4.90 Å². The van der Waals surface area contributed by atoms with Crippen LogP contribution < -0.4 is 4.74 Å². The van der Waals surface area contributed by atoms with Gasteiger partial charge in [0.05, 0.1) is 6.61 Å². The number of hydrogen-bond donors (Lipinski definition) is 0. The Bertz CT molecular complexity index is 671. The highest BCUT2D eigenvalue weighted by molar-refractivity contribution is 6.30. The number of halogens is 1. The van der Waals surface area contributed by atoms with Crippen molar-refractivity contribution in [3.63, 3.8) is 0 Å². The summed E-state index contributed by atoms with van der Waals surface area (Å²) in [6, 6.07) is 6.43. The Balaban J connectivity index is 2.09. The zero-order chi connectivity index (χ0) is 21.1. The third kappa shape index (κ3) is 6.89. The van der Waals surface area contributed by atoms with Crippen molar-refractivity contribution >= 4 is 23.7 Å². The quantitative estimate of drug-likeness (QED) is 0.672. The molecule has 0 bridgehead atoms. The van der Waals surface area contributed by atoms with Crippen LogP contribution in [0.5, 0.6) is 5.75 Å². The molecular formula is C21H30ClNO5. The summed E-state index contributed by atoms with van der Waals surface area (Å²) in [5.41, 5.74) is -1.28. The summed E-state index contributed by atoms with van der Waals surface area (Å²) in [6.45, 7) is 11.5. The lowest BCUT2D eigenvalue weighted by Crippen LogP contribution is -2.45. The van der Waals surface area contributed by atoms with E-state index < -0.39 is 29.3 Å². The molecule has 2 atom stereocenters. The summed E-state index contributed by atoms with van der Waals surface area (Å²) in [4.78, 5) is 26.8. The Morgan fingerprint density at radius 2 is 1.75 bits per heavy atom. The number of carbonyl (C=O) groups is 2. The van der Waals surface area contributed by atoms with Gasteiger partial charge in [0.1, 0.15) is 23.0 Å². The third-order valence-electron chi connectivity index (χ3n) is 3.98. The fraction of sp³-hybridized carbons (Fsp3) is 0.619. The fourth-order valence-electron chi connectivity index (χ4n) is 2.93. The molecule has 1 aromatic carbocycles. The molecule has 1 heterocycles. The van der Waals surface area contributed by atoms with Crippen LogP contribution in [-0.4, -0.2) is 47.4 Å². The second-order valence-electron chi connectivity index (χ2n) is 9.05. The molecule has 1 amide bonds. The third-order valence-corrected chi connectivity index (χ3v) is 4.21. The minimum Gasteiger partial charge on any atom is -0.493 e. The first-order valence-electron chi connectivity index (χ1n) is 9.45. The van der Waals surface area contributed by atoms with Gasteiger partial charge in [-0.15, -0.1) is 0 Å². The van der Waals surface area contributed by atoms with Crippen molar-refractivity contribution in [1.29, 1.82) is 0 Å². The van der Waals surface area contributed by atoms with Crippen LogP contribution in [0, 0.1) is 5.92 Å². The molecule has 1 fully saturated rings. The van der Waals surface area contributed by atoms with E-state index >= 15 is 0 Å². The summed E-state index contributed by atoms with van der Waals surface area (Å²) in [5, 5.41) is 0.589. The molecule has 2 rings (SSSR count). The number of nitrogens with zero attached hydrogens (tertiary/aromatic N) is 1. The summed E-state index contributed by atoms with van der Waals surface area (Å²) < 4.78 is 16.8. The van der Waals surface area contributed by atoms with Gasteiger partial charge in [-0.25, -0.2) is 9.59 Å². The Kier molecular flexibility index (Phi) is 6.86. The molecular weight excluding hydrogens is 382 g/mol. The Morgan fingerprint density at radius 1 is 1.11 bits per heavy atom. The lowest BCUT2D eigenvalue weighted by Gasteiger charge is -2.29. The molecule has 0 aliphatic carbocycles. The number of ether oxygens (including phenoxy) is 3. The Hall–Kier alpha value is -1.95. The number of benzene rings is 1. The minimum atomic E-state index is -0.693. The molecule has 0 unspecified atom stereocenters. The summed E-state index contributed by atoms with van der Waals surface area (Å²) in [5.74, 6) is 0.199. The average molecular weight is 412 g/mol. The van der Waals surface area contributed by atoms with Crippen LogP contribution in [0.25, 0.3) is 0 Å². The molecule has 0 aromatic heterocycles. The summed E-state index contributed by atoms with van der Waals surface area (Å²) in [6.07, 6.45) is -0.0667. The van der Waals surface area contributed by atoms with Crippen molar-refractivity contribution in [1.82, 2.24) is 4.90 Å². The van der Waals surface area contributed by atoms with E-state index in [1.807, 2.05) is 12.1 Å². The van der Waals surface area contributed by atoms with E-state index in [9.17, 15) is 9.59 Å². The van der Waals surface area contributed by atoms with E-state index in [1.54, 1.807) is 53.7 Å². The largest absolute Gasteiger partial charge is 0.493 e. The van der Waals surface area contributed by atoms with E-state index in [2.05, 4.69) is 0 Å². The number of amides is 1. The monoisotopic (exact) mass is 411 g/mol. The second kappa shape index (κ2) is 8.60. The number of rotatable bonds is 4.